The average molecular weight is 621 g/mol. The molecule has 3 rings (SSSR count). The second-order valence-electron chi connectivity index (χ2n) is 15.3. The minimum Gasteiger partial charge on any atom is -0.413 e. The van der Waals surface area contributed by atoms with Crippen LogP contribution in [0.2, 0.25) is 18.1 Å². The molecule has 0 bridgehead atoms. The molecule has 1 amide bonds. The van der Waals surface area contributed by atoms with E-state index in [4.69, 9.17) is 9.16 Å². The Morgan fingerprint density at radius 2 is 1.88 bits per heavy atom. The zero-order valence-electron chi connectivity index (χ0n) is 28.1. The third-order valence-electron chi connectivity index (χ3n) is 10.3. The number of epoxide rings is 1. The molecule has 42 heavy (non-hydrogen) atoms. The molecular formula is C33H56N2O5SSi. The molecule has 9 heteroatoms. The number of aryl methyl sites for hydroxylation is 1. The summed E-state index contributed by atoms with van der Waals surface area (Å²) in [7, 11) is -2.18. The molecule has 2 N–H and O–H groups in total. The Balaban J connectivity index is 1.91. The molecule has 0 aliphatic carbocycles. The number of nitrogens with zero attached hydrogens (tertiary/aromatic N) is 1. The molecule has 0 aromatic carbocycles. The maximum atomic E-state index is 14.1. The second kappa shape index (κ2) is 12.9. The number of aliphatic hydroxyl groups is 1. The fourth-order valence-corrected chi connectivity index (χ4v) is 7.95. The van der Waals surface area contributed by atoms with Crippen LogP contribution in [0.25, 0.3) is 6.08 Å². The van der Waals surface area contributed by atoms with Crippen molar-refractivity contribution in [1.29, 1.82) is 0 Å². The van der Waals surface area contributed by atoms with Crippen molar-refractivity contribution in [2.45, 2.75) is 149 Å². The molecule has 2 saturated heterocycles. The Morgan fingerprint density at radius 3 is 2.45 bits per heavy atom. The number of Topliss-reactive ketones (excluding diaryl/α,β-unsaturated/α-hetero) is 1. The van der Waals surface area contributed by atoms with Gasteiger partial charge in [-0.3, -0.25) is 9.59 Å². The molecule has 2 aliphatic heterocycles. The van der Waals surface area contributed by atoms with E-state index in [-0.39, 0.29) is 52.9 Å². The lowest BCUT2D eigenvalue weighted by Gasteiger charge is -2.44. The molecule has 3 heterocycles. The van der Waals surface area contributed by atoms with Crippen LogP contribution in [0.5, 0.6) is 0 Å². The largest absolute Gasteiger partial charge is 0.413 e. The smallest absolute Gasteiger partial charge is 0.223 e. The highest BCUT2D eigenvalue weighted by Gasteiger charge is 2.53. The molecule has 1 aromatic rings. The first kappa shape index (κ1) is 35.1. The summed E-state index contributed by atoms with van der Waals surface area (Å²) in [4.78, 5) is 32.0. The third-order valence-corrected chi connectivity index (χ3v) is 15.5. The molecular weight excluding hydrogens is 565 g/mol. The van der Waals surface area contributed by atoms with Gasteiger partial charge in [-0.2, -0.15) is 0 Å². The second-order valence-corrected chi connectivity index (χ2v) is 21.1. The van der Waals surface area contributed by atoms with E-state index < -0.39 is 25.8 Å². The molecule has 2 aliphatic rings. The molecule has 7 atom stereocenters. The number of hydrogen-bond donors (Lipinski definition) is 2. The van der Waals surface area contributed by atoms with Crippen molar-refractivity contribution in [3.63, 3.8) is 0 Å². The molecule has 1 unspecified atom stereocenters. The lowest BCUT2D eigenvalue weighted by atomic mass is 9.72. The summed E-state index contributed by atoms with van der Waals surface area (Å²) in [5.41, 5.74) is 0.514. The molecule has 0 spiro atoms. The highest BCUT2D eigenvalue weighted by molar-refractivity contribution is 7.09. The number of fused-ring (bicyclic) bond motifs is 1. The number of aromatic nitrogens is 1. The fourth-order valence-electron chi connectivity index (χ4n) is 5.91. The Kier molecular flexibility index (Phi) is 10.8. The number of thiazole rings is 1. The maximum Gasteiger partial charge on any atom is 0.223 e. The third kappa shape index (κ3) is 8.20. The van der Waals surface area contributed by atoms with Gasteiger partial charge in [0.25, 0.3) is 0 Å². The van der Waals surface area contributed by atoms with Crippen LogP contribution in [0.3, 0.4) is 0 Å². The van der Waals surface area contributed by atoms with Gasteiger partial charge < -0.3 is 19.6 Å². The lowest BCUT2D eigenvalue weighted by molar-refractivity contribution is -0.142. The van der Waals surface area contributed by atoms with Gasteiger partial charge in [-0.25, -0.2) is 4.98 Å². The summed E-state index contributed by atoms with van der Waals surface area (Å²) in [6.07, 6.45) is 3.95. The zero-order valence-corrected chi connectivity index (χ0v) is 29.9. The van der Waals surface area contributed by atoms with E-state index in [2.05, 4.69) is 58.0 Å². The molecule has 2 fully saturated rings. The van der Waals surface area contributed by atoms with Crippen LogP contribution in [0.4, 0.5) is 0 Å². The Hall–Kier alpha value is -1.39. The van der Waals surface area contributed by atoms with E-state index in [0.29, 0.717) is 6.42 Å². The number of carbonyl (C=O) groups is 2. The van der Waals surface area contributed by atoms with Crippen LogP contribution < -0.4 is 5.32 Å². The monoisotopic (exact) mass is 620 g/mol. The summed E-state index contributed by atoms with van der Waals surface area (Å²) in [6.45, 7) is 24.9. The first-order valence-electron chi connectivity index (χ1n) is 15.7. The lowest BCUT2D eigenvalue weighted by Crippen LogP contribution is -2.52. The number of ether oxygens (including phenoxy) is 1. The van der Waals surface area contributed by atoms with Crippen molar-refractivity contribution in [2.75, 3.05) is 0 Å². The zero-order chi connectivity index (χ0) is 31.8. The average Bonchev–Trinajstić information content (AvgIpc) is 3.31. The van der Waals surface area contributed by atoms with E-state index in [1.54, 1.807) is 25.2 Å². The van der Waals surface area contributed by atoms with Crippen LogP contribution in [0.1, 0.15) is 105 Å². The van der Waals surface area contributed by atoms with E-state index in [1.165, 1.54) is 0 Å². The number of aliphatic hydroxyl groups excluding tert-OH is 1. The quantitative estimate of drug-likeness (QED) is 0.276. The standard InChI is InChI=1S/C33H56N2O5SSi/c1-20-14-13-15-33(10)27(39-33)17-25(21(2)16-24-19-41-23(4)34-24)35-28(37)18-26(36)32(8,9)30(38)22(3)29(20)40-42(11,12)31(5,6)7/h16,19-20,22,25-27,29,36H,13-15,17-18H2,1-12H3,(H,35,37)/b21-16+/t20-,22+,25-,26-,27-,29?,33+/m0/s1. The van der Waals surface area contributed by atoms with Crippen molar-refractivity contribution in [2.24, 2.45) is 17.3 Å². The summed E-state index contributed by atoms with van der Waals surface area (Å²) < 4.78 is 13.2. The SMILES string of the molecule is C/C(=C\c1csc(C)n1)[C@@H]1C[C@@H]2O[C@]2(C)CCC[C@H](C)C(O[Si](C)(C)C(C)(C)C)[C@@H](C)C(=O)C(C)(C)[C@@H](O)CC(=O)N1. The van der Waals surface area contributed by atoms with Gasteiger partial charge in [0.1, 0.15) is 5.78 Å². The first-order valence-corrected chi connectivity index (χ1v) is 19.4. The Labute approximate surface area is 259 Å². The van der Waals surface area contributed by atoms with Crippen LogP contribution >= 0.6 is 11.3 Å². The highest BCUT2D eigenvalue weighted by atomic mass is 32.1. The predicted octanol–water partition coefficient (Wildman–Crippen LogP) is 7.08. The van der Waals surface area contributed by atoms with E-state index in [1.807, 2.05) is 32.2 Å². The molecule has 1 aromatic heterocycles. The van der Waals surface area contributed by atoms with Crippen LogP contribution in [-0.4, -0.2) is 60.1 Å². The van der Waals surface area contributed by atoms with Crippen molar-refractivity contribution in [3.05, 3.63) is 21.7 Å². The maximum absolute atomic E-state index is 14.1. The number of amides is 1. The molecule has 238 valence electrons. The van der Waals surface area contributed by atoms with Gasteiger partial charge in [-0.15, -0.1) is 11.3 Å². The van der Waals surface area contributed by atoms with Crippen molar-refractivity contribution >= 4 is 37.4 Å². The van der Waals surface area contributed by atoms with Gasteiger partial charge in [-0.1, -0.05) is 54.9 Å². The summed E-state index contributed by atoms with van der Waals surface area (Å²) in [6, 6.07) is -0.259. The predicted molar refractivity (Wildman–Crippen MR) is 174 cm³/mol. The Morgan fingerprint density at radius 1 is 1.24 bits per heavy atom. The van der Waals surface area contributed by atoms with Gasteiger partial charge in [0.2, 0.25) is 5.91 Å². The number of rotatable bonds is 4. The number of nitrogens with one attached hydrogen (secondary N) is 1. The minimum atomic E-state index is -2.18. The number of ketones is 1. The van der Waals surface area contributed by atoms with Crippen LogP contribution in [0, 0.1) is 24.2 Å². The molecule has 0 radical (unpaired) electrons. The van der Waals surface area contributed by atoms with Crippen LogP contribution in [-0.2, 0) is 18.8 Å². The Bertz CT molecular complexity index is 1160. The van der Waals surface area contributed by atoms with E-state index >= 15 is 0 Å². The fraction of sp³-hybridized carbons (Fsp3) is 0.788. The normalized spacial score (nSPS) is 34.1. The molecule has 7 nitrogen and oxygen atoms in total. The van der Waals surface area contributed by atoms with E-state index in [0.717, 1.165) is 35.5 Å². The van der Waals surface area contributed by atoms with Gasteiger partial charge in [-0.05, 0) is 69.3 Å². The van der Waals surface area contributed by atoms with Gasteiger partial charge >= 0.3 is 0 Å². The topological polar surface area (TPSA) is 101 Å². The van der Waals surface area contributed by atoms with Crippen molar-refractivity contribution < 1.29 is 23.9 Å². The van der Waals surface area contributed by atoms with Crippen molar-refractivity contribution in [3.8, 4) is 0 Å². The van der Waals surface area contributed by atoms with Gasteiger partial charge in [0.05, 0.1) is 52.5 Å². The van der Waals surface area contributed by atoms with Crippen LogP contribution in [0.15, 0.2) is 11.0 Å². The summed E-state index contributed by atoms with van der Waals surface area (Å²) in [5.74, 6) is -0.605. The highest BCUT2D eigenvalue weighted by Crippen LogP contribution is 2.45. The van der Waals surface area contributed by atoms with Gasteiger partial charge in [0.15, 0.2) is 8.32 Å². The number of carbonyl (C=O) groups excluding carboxylic acids is 2. The molecule has 0 saturated carbocycles. The van der Waals surface area contributed by atoms with E-state index in [9.17, 15) is 14.7 Å². The van der Waals surface area contributed by atoms with Crippen molar-refractivity contribution in [1.82, 2.24) is 10.3 Å². The number of hydrogen-bond acceptors (Lipinski definition) is 7. The van der Waals surface area contributed by atoms with Gasteiger partial charge in [0, 0.05) is 17.7 Å². The minimum absolute atomic E-state index is 0.00183. The summed E-state index contributed by atoms with van der Waals surface area (Å²) >= 11 is 1.59. The first-order chi connectivity index (χ1) is 19.2. The summed E-state index contributed by atoms with van der Waals surface area (Å²) in [5, 5.41) is 17.5.